The van der Waals surface area contributed by atoms with Gasteiger partial charge in [0.2, 0.25) is 0 Å². The highest BCUT2D eigenvalue weighted by molar-refractivity contribution is 7.08. The van der Waals surface area contributed by atoms with Crippen LogP contribution in [0.2, 0.25) is 0 Å². The molecule has 0 aliphatic heterocycles. The van der Waals surface area contributed by atoms with Crippen molar-refractivity contribution in [3.05, 3.63) is 46.2 Å². The second-order valence-corrected chi connectivity index (χ2v) is 6.15. The van der Waals surface area contributed by atoms with Gasteiger partial charge in [-0.15, -0.1) is 5.10 Å². The Kier molecular flexibility index (Phi) is 5.79. The van der Waals surface area contributed by atoms with E-state index >= 15 is 0 Å². The predicted octanol–water partition coefficient (Wildman–Crippen LogP) is 2.92. The van der Waals surface area contributed by atoms with Crippen molar-refractivity contribution in [1.29, 1.82) is 0 Å². The lowest BCUT2D eigenvalue weighted by Gasteiger charge is -2.29. The second kappa shape index (κ2) is 7.61. The van der Waals surface area contributed by atoms with Crippen LogP contribution in [0.3, 0.4) is 0 Å². The molecule has 1 aromatic heterocycles. The van der Waals surface area contributed by atoms with E-state index in [0.29, 0.717) is 22.6 Å². The standard InChI is InChI=1S/C16H20FN3O2S/c1-4-7-13-14(23-20-19-13)15(21)18-10-16(2,22-3)11-8-5-6-9-12(11)17/h5-6,8-9H,4,7,10H2,1-3H3,(H,18,21)/t16-/m0/s1. The molecule has 1 N–H and O–H groups in total. The number of nitrogens with one attached hydrogen (secondary N) is 1. The summed E-state index contributed by atoms with van der Waals surface area (Å²) in [5.41, 5.74) is 0.142. The normalized spacial score (nSPS) is 13.6. The lowest BCUT2D eigenvalue weighted by molar-refractivity contribution is 0.000412. The fourth-order valence-electron chi connectivity index (χ4n) is 2.28. The van der Waals surface area contributed by atoms with Crippen LogP contribution in [-0.4, -0.2) is 29.1 Å². The van der Waals surface area contributed by atoms with Crippen LogP contribution in [0.4, 0.5) is 4.39 Å². The first-order chi connectivity index (χ1) is 11.0. The Balaban J connectivity index is 2.12. The molecular formula is C16H20FN3O2S. The van der Waals surface area contributed by atoms with Crippen LogP contribution in [0.5, 0.6) is 0 Å². The number of hydrogen-bond donors (Lipinski definition) is 1. The van der Waals surface area contributed by atoms with Gasteiger partial charge in [-0.3, -0.25) is 4.79 Å². The molecule has 1 amide bonds. The summed E-state index contributed by atoms with van der Waals surface area (Å²) in [5.74, 6) is -0.625. The number of benzene rings is 1. The number of halogens is 1. The van der Waals surface area contributed by atoms with Crippen molar-refractivity contribution >= 4 is 17.4 Å². The van der Waals surface area contributed by atoms with Crippen LogP contribution in [0, 0.1) is 5.82 Å². The lowest BCUT2D eigenvalue weighted by Crippen LogP contribution is -2.40. The van der Waals surface area contributed by atoms with Gasteiger partial charge < -0.3 is 10.1 Å². The Morgan fingerprint density at radius 1 is 1.43 bits per heavy atom. The van der Waals surface area contributed by atoms with E-state index in [1.165, 1.54) is 13.2 Å². The van der Waals surface area contributed by atoms with Gasteiger partial charge in [-0.25, -0.2) is 4.39 Å². The summed E-state index contributed by atoms with van der Waals surface area (Å²) in [7, 11) is 1.50. The van der Waals surface area contributed by atoms with Crippen LogP contribution in [0.15, 0.2) is 24.3 Å². The monoisotopic (exact) mass is 337 g/mol. The predicted molar refractivity (Wildman–Crippen MR) is 87.0 cm³/mol. The largest absolute Gasteiger partial charge is 0.372 e. The fraction of sp³-hybridized carbons (Fsp3) is 0.438. The Hall–Kier alpha value is -1.86. The maximum Gasteiger partial charge on any atom is 0.265 e. The number of aryl methyl sites for hydroxylation is 1. The zero-order valence-electron chi connectivity index (χ0n) is 13.4. The third kappa shape index (κ3) is 3.92. The van der Waals surface area contributed by atoms with Gasteiger partial charge in [-0.1, -0.05) is 36.0 Å². The first-order valence-corrected chi connectivity index (χ1v) is 8.18. The molecule has 5 nitrogen and oxygen atoms in total. The average Bonchev–Trinajstić information content (AvgIpc) is 3.01. The maximum atomic E-state index is 14.0. The summed E-state index contributed by atoms with van der Waals surface area (Å²) in [6.07, 6.45) is 1.59. The highest BCUT2D eigenvalue weighted by Gasteiger charge is 2.30. The van der Waals surface area contributed by atoms with Crippen LogP contribution in [0.25, 0.3) is 0 Å². The molecule has 7 heteroatoms. The summed E-state index contributed by atoms with van der Waals surface area (Å²) in [6.45, 7) is 3.90. The summed E-state index contributed by atoms with van der Waals surface area (Å²) in [5, 5.41) is 6.78. The molecule has 0 bridgehead atoms. The Morgan fingerprint density at radius 3 is 2.83 bits per heavy atom. The number of hydrogen-bond acceptors (Lipinski definition) is 5. The number of rotatable bonds is 7. The minimum Gasteiger partial charge on any atom is -0.372 e. The van der Waals surface area contributed by atoms with Gasteiger partial charge >= 0.3 is 0 Å². The number of aromatic nitrogens is 2. The molecule has 0 aliphatic carbocycles. The lowest BCUT2D eigenvalue weighted by atomic mass is 9.95. The zero-order valence-corrected chi connectivity index (χ0v) is 14.2. The van der Waals surface area contributed by atoms with Crippen molar-refractivity contribution in [2.75, 3.05) is 13.7 Å². The third-order valence-electron chi connectivity index (χ3n) is 3.73. The SMILES string of the molecule is CCCc1nnsc1C(=O)NC[C@](C)(OC)c1ccccc1F. The van der Waals surface area contributed by atoms with Crippen LogP contribution in [0.1, 0.15) is 41.2 Å². The van der Waals surface area contributed by atoms with Gasteiger partial charge in [0.1, 0.15) is 16.3 Å². The molecule has 124 valence electrons. The molecule has 0 saturated carbocycles. The molecule has 1 heterocycles. The molecule has 2 rings (SSSR count). The molecule has 0 saturated heterocycles. The number of amides is 1. The smallest absolute Gasteiger partial charge is 0.265 e. The van der Waals surface area contributed by atoms with Gasteiger partial charge in [0.15, 0.2) is 0 Å². The van der Waals surface area contributed by atoms with Gasteiger partial charge in [0.05, 0.1) is 12.2 Å². The molecule has 1 atom stereocenters. The topological polar surface area (TPSA) is 64.1 Å². The van der Waals surface area contributed by atoms with Crippen molar-refractivity contribution in [2.24, 2.45) is 0 Å². The van der Waals surface area contributed by atoms with E-state index in [2.05, 4.69) is 14.9 Å². The quantitative estimate of drug-likeness (QED) is 0.844. The van der Waals surface area contributed by atoms with E-state index < -0.39 is 5.60 Å². The van der Waals surface area contributed by atoms with Crippen molar-refractivity contribution < 1.29 is 13.9 Å². The van der Waals surface area contributed by atoms with Crippen LogP contribution < -0.4 is 5.32 Å². The Labute approximate surface area is 139 Å². The van der Waals surface area contributed by atoms with Crippen molar-refractivity contribution in [1.82, 2.24) is 14.9 Å². The summed E-state index contributed by atoms with van der Waals surface area (Å²) >= 11 is 1.07. The summed E-state index contributed by atoms with van der Waals surface area (Å²) in [4.78, 5) is 12.8. The molecule has 0 radical (unpaired) electrons. The van der Waals surface area contributed by atoms with Crippen molar-refractivity contribution in [3.8, 4) is 0 Å². The maximum absolute atomic E-state index is 14.0. The second-order valence-electron chi connectivity index (χ2n) is 5.40. The first kappa shape index (κ1) is 17.5. The molecule has 1 aromatic carbocycles. The molecule has 2 aromatic rings. The zero-order chi connectivity index (χ0) is 16.9. The van der Waals surface area contributed by atoms with Gasteiger partial charge in [-0.2, -0.15) is 0 Å². The molecule has 0 spiro atoms. The molecule has 0 aliphatic rings. The van der Waals surface area contributed by atoms with Gasteiger partial charge in [0.25, 0.3) is 5.91 Å². The van der Waals surface area contributed by atoms with Crippen molar-refractivity contribution in [2.45, 2.75) is 32.3 Å². The Morgan fingerprint density at radius 2 is 2.17 bits per heavy atom. The molecule has 0 fully saturated rings. The average molecular weight is 337 g/mol. The van der Waals surface area contributed by atoms with E-state index in [1.807, 2.05) is 6.92 Å². The number of nitrogens with zero attached hydrogens (tertiary/aromatic N) is 2. The third-order valence-corrected chi connectivity index (χ3v) is 4.50. The highest BCUT2D eigenvalue weighted by atomic mass is 32.1. The number of ether oxygens (including phenoxy) is 1. The summed E-state index contributed by atoms with van der Waals surface area (Å²) in [6, 6.07) is 6.39. The molecular weight excluding hydrogens is 317 g/mol. The summed E-state index contributed by atoms with van der Waals surface area (Å²) < 4.78 is 23.3. The van der Waals surface area contributed by atoms with Gasteiger partial charge in [0, 0.05) is 12.7 Å². The molecule has 0 unspecified atom stereocenters. The van der Waals surface area contributed by atoms with E-state index in [9.17, 15) is 9.18 Å². The van der Waals surface area contributed by atoms with E-state index in [-0.39, 0.29) is 18.3 Å². The van der Waals surface area contributed by atoms with E-state index in [1.54, 1.807) is 25.1 Å². The number of carbonyl (C=O) groups excluding carboxylic acids is 1. The minimum absolute atomic E-state index is 0.146. The van der Waals surface area contributed by atoms with Crippen molar-refractivity contribution in [3.63, 3.8) is 0 Å². The fourth-order valence-corrected chi connectivity index (χ4v) is 2.90. The number of methoxy groups -OCH3 is 1. The van der Waals surface area contributed by atoms with E-state index in [4.69, 9.17) is 4.74 Å². The van der Waals surface area contributed by atoms with Gasteiger partial charge in [-0.05, 0) is 30.9 Å². The van der Waals surface area contributed by atoms with E-state index in [0.717, 1.165) is 18.0 Å². The first-order valence-electron chi connectivity index (χ1n) is 7.41. The van der Waals surface area contributed by atoms with Crippen LogP contribution >= 0.6 is 11.5 Å². The van der Waals surface area contributed by atoms with Crippen LogP contribution in [-0.2, 0) is 16.8 Å². The Bertz CT molecular complexity index is 677. The molecule has 23 heavy (non-hydrogen) atoms. The number of carbonyl (C=O) groups is 1. The minimum atomic E-state index is -0.954. The highest BCUT2D eigenvalue weighted by Crippen LogP contribution is 2.26.